The van der Waals surface area contributed by atoms with Crippen molar-refractivity contribution in [2.45, 2.75) is 38.0 Å². The molecule has 3 aromatic rings. The van der Waals surface area contributed by atoms with Crippen molar-refractivity contribution in [3.63, 3.8) is 0 Å². The first-order chi connectivity index (χ1) is 18.5. The molecule has 0 spiro atoms. The van der Waals surface area contributed by atoms with E-state index in [1.165, 1.54) is 36.4 Å². The Hall–Kier alpha value is -3.72. The lowest BCUT2D eigenvalue weighted by molar-refractivity contribution is -0.135. The first-order valence-corrected chi connectivity index (χ1v) is 14.7. The lowest BCUT2D eigenvalue weighted by Crippen LogP contribution is -2.41. The van der Waals surface area contributed by atoms with Crippen molar-refractivity contribution in [3.05, 3.63) is 78.1 Å². The summed E-state index contributed by atoms with van der Waals surface area (Å²) in [5, 5.41) is 0. The number of Topliss-reactive ketones (excluding diaryl/α,β-unsaturated/α-hetero) is 1. The summed E-state index contributed by atoms with van der Waals surface area (Å²) in [6.45, 7) is 4.87. The Kier molecular flexibility index (Phi) is 8.70. The van der Waals surface area contributed by atoms with Gasteiger partial charge in [-0.1, -0.05) is 13.8 Å². The molecule has 0 unspecified atom stereocenters. The van der Waals surface area contributed by atoms with Gasteiger partial charge in [0.2, 0.25) is 5.91 Å². The summed E-state index contributed by atoms with van der Waals surface area (Å²) in [6.07, 6.45) is 2.56. The highest BCUT2D eigenvalue weighted by molar-refractivity contribution is 7.90. The Morgan fingerprint density at radius 3 is 1.87 bits per heavy atom. The molecule has 0 bridgehead atoms. The second-order valence-electron chi connectivity index (χ2n) is 10.1. The normalized spacial score (nSPS) is 14.3. The maximum Gasteiger partial charge on any atom is 0.226 e. The van der Waals surface area contributed by atoms with E-state index in [1.54, 1.807) is 35.2 Å². The van der Waals surface area contributed by atoms with Crippen LogP contribution < -0.4 is 9.47 Å². The molecule has 0 saturated carbocycles. The molecule has 9 heteroatoms. The van der Waals surface area contributed by atoms with E-state index in [9.17, 15) is 22.4 Å². The van der Waals surface area contributed by atoms with Crippen molar-refractivity contribution in [2.24, 2.45) is 11.8 Å². The number of likely N-dealkylation sites (tertiary alicyclic amines) is 1. The third kappa shape index (κ3) is 7.66. The van der Waals surface area contributed by atoms with Crippen LogP contribution in [0.3, 0.4) is 0 Å². The molecule has 7 nitrogen and oxygen atoms in total. The Bertz CT molecular complexity index is 1430. The minimum Gasteiger partial charge on any atom is -0.457 e. The average Bonchev–Trinajstić information content (AvgIpc) is 2.89. The van der Waals surface area contributed by atoms with E-state index in [2.05, 4.69) is 0 Å². The number of carbonyl (C=O) groups excluding carboxylic acids is 2. The van der Waals surface area contributed by atoms with E-state index in [1.807, 2.05) is 13.8 Å². The molecule has 206 valence electrons. The molecule has 1 aliphatic heterocycles. The van der Waals surface area contributed by atoms with Gasteiger partial charge >= 0.3 is 0 Å². The van der Waals surface area contributed by atoms with Crippen LogP contribution in [0.1, 0.15) is 32.3 Å². The van der Waals surface area contributed by atoms with Crippen LogP contribution >= 0.6 is 0 Å². The predicted molar refractivity (Wildman–Crippen MR) is 145 cm³/mol. The first kappa shape index (κ1) is 28.3. The van der Waals surface area contributed by atoms with Crippen LogP contribution in [-0.2, 0) is 25.8 Å². The molecule has 3 aromatic carbocycles. The van der Waals surface area contributed by atoms with Crippen molar-refractivity contribution in [3.8, 4) is 23.0 Å². The van der Waals surface area contributed by atoms with E-state index in [0.717, 1.165) is 6.26 Å². The van der Waals surface area contributed by atoms with Crippen molar-refractivity contribution in [2.75, 3.05) is 19.3 Å². The Labute approximate surface area is 228 Å². The summed E-state index contributed by atoms with van der Waals surface area (Å²) in [5.41, 5.74) is 0.655. The smallest absolute Gasteiger partial charge is 0.226 e. The quantitative estimate of drug-likeness (QED) is 0.332. The molecule has 1 aliphatic rings. The number of halogens is 1. The maximum atomic E-state index is 13.4. The van der Waals surface area contributed by atoms with E-state index < -0.39 is 9.84 Å². The number of nitrogens with zero attached hydrogens (tertiary/aromatic N) is 1. The third-order valence-corrected chi connectivity index (χ3v) is 7.78. The number of carbonyl (C=O) groups is 2. The molecular formula is C30H32FNO6S. The summed E-state index contributed by atoms with van der Waals surface area (Å²) in [4.78, 5) is 27.4. The van der Waals surface area contributed by atoms with Crippen LogP contribution in [0.2, 0.25) is 0 Å². The summed E-state index contributed by atoms with van der Waals surface area (Å²) in [5.74, 6) is 1.41. The largest absolute Gasteiger partial charge is 0.457 e. The highest BCUT2D eigenvalue weighted by atomic mass is 32.2. The molecule has 0 aliphatic carbocycles. The van der Waals surface area contributed by atoms with Gasteiger partial charge in [-0.2, -0.15) is 0 Å². The number of benzene rings is 3. The summed E-state index contributed by atoms with van der Waals surface area (Å²) < 4.78 is 48.8. The topological polar surface area (TPSA) is 90.0 Å². The number of amides is 1. The van der Waals surface area contributed by atoms with E-state index >= 15 is 0 Å². The van der Waals surface area contributed by atoms with E-state index in [-0.39, 0.29) is 40.7 Å². The van der Waals surface area contributed by atoms with Crippen LogP contribution in [0.25, 0.3) is 0 Å². The number of piperidine rings is 1. The minimum atomic E-state index is -3.34. The van der Waals surface area contributed by atoms with Gasteiger partial charge in [-0.3, -0.25) is 9.59 Å². The highest BCUT2D eigenvalue weighted by Crippen LogP contribution is 2.32. The first-order valence-electron chi connectivity index (χ1n) is 12.8. The van der Waals surface area contributed by atoms with Crippen molar-refractivity contribution < 1.29 is 31.9 Å². The fourth-order valence-corrected chi connectivity index (χ4v) is 5.18. The van der Waals surface area contributed by atoms with E-state index in [0.29, 0.717) is 54.5 Å². The average molecular weight is 554 g/mol. The van der Waals surface area contributed by atoms with Gasteiger partial charge in [0.15, 0.2) is 9.84 Å². The summed E-state index contributed by atoms with van der Waals surface area (Å²) in [6, 6.07) is 16.7. The van der Waals surface area contributed by atoms with Crippen molar-refractivity contribution in [1.82, 2.24) is 4.90 Å². The van der Waals surface area contributed by atoms with Crippen LogP contribution in [-0.4, -0.2) is 44.4 Å². The van der Waals surface area contributed by atoms with Gasteiger partial charge in [0.05, 0.1) is 11.3 Å². The van der Waals surface area contributed by atoms with Crippen LogP contribution in [0, 0.1) is 17.7 Å². The molecule has 1 saturated heterocycles. The zero-order valence-electron chi connectivity index (χ0n) is 22.2. The van der Waals surface area contributed by atoms with Gasteiger partial charge in [0, 0.05) is 37.2 Å². The lowest BCUT2D eigenvalue weighted by atomic mass is 9.87. The molecule has 0 N–H and O–H groups in total. The van der Waals surface area contributed by atoms with Crippen molar-refractivity contribution >= 4 is 21.5 Å². The molecule has 0 atom stereocenters. The molecule has 4 rings (SSSR count). The van der Waals surface area contributed by atoms with Gasteiger partial charge in [-0.15, -0.1) is 0 Å². The third-order valence-electron chi connectivity index (χ3n) is 6.65. The molecule has 1 amide bonds. The second-order valence-corrected chi connectivity index (χ2v) is 12.1. The van der Waals surface area contributed by atoms with Crippen LogP contribution in [0.5, 0.6) is 23.0 Å². The van der Waals surface area contributed by atoms with Gasteiger partial charge < -0.3 is 14.4 Å². The molecular weight excluding hydrogens is 521 g/mol. The van der Waals surface area contributed by atoms with Crippen LogP contribution in [0.4, 0.5) is 4.39 Å². The van der Waals surface area contributed by atoms with Gasteiger partial charge in [0.25, 0.3) is 0 Å². The zero-order chi connectivity index (χ0) is 28.2. The fourth-order valence-electron chi connectivity index (χ4n) is 4.55. The second kappa shape index (κ2) is 12.0. The molecule has 0 radical (unpaired) electrons. The Morgan fingerprint density at radius 2 is 1.38 bits per heavy atom. The monoisotopic (exact) mass is 553 g/mol. The molecule has 1 heterocycles. The molecule has 39 heavy (non-hydrogen) atoms. The van der Waals surface area contributed by atoms with Gasteiger partial charge in [-0.25, -0.2) is 12.8 Å². The van der Waals surface area contributed by atoms with Gasteiger partial charge in [0.1, 0.15) is 34.6 Å². The number of ether oxygens (including phenoxy) is 2. The van der Waals surface area contributed by atoms with E-state index in [4.69, 9.17) is 9.47 Å². The standard InChI is InChI=1S/C30H32FNO6S/c1-20(2)30(34)22-12-14-32(15-13-22)29(33)18-21-16-26(37-24-6-4-23(31)5-7-24)19-27(17-21)38-25-8-10-28(11-9-25)39(3,35)36/h4-11,16-17,19-20,22H,12-15,18H2,1-3H3. The van der Waals surface area contributed by atoms with Gasteiger partial charge in [-0.05, 0) is 79.1 Å². The Morgan fingerprint density at radius 1 is 0.872 bits per heavy atom. The number of hydrogen-bond acceptors (Lipinski definition) is 6. The summed E-state index contributed by atoms with van der Waals surface area (Å²) >= 11 is 0. The number of ketones is 1. The highest BCUT2D eigenvalue weighted by Gasteiger charge is 2.28. The minimum absolute atomic E-state index is 0.00410. The maximum absolute atomic E-state index is 13.4. The molecule has 0 aromatic heterocycles. The zero-order valence-corrected chi connectivity index (χ0v) is 23.0. The van der Waals surface area contributed by atoms with Crippen LogP contribution in [0.15, 0.2) is 71.6 Å². The number of rotatable bonds is 9. The number of hydrogen-bond donors (Lipinski definition) is 0. The molecule has 1 fully saturated rings. The Balaban J connectivity index is 1.52. The fraction of sp³-hybridized carbons (Fsp3) is 0.333. The number of sulfone groups is 1. The predicted octanol–water partition coefficient (Wildman–Crippen LogP) is 5.82. The summed E-state index contributed by atoms with van der Waals surface area (Å²) in [7, 11) is -3.34. The van der Waals surface area contributed by atoms with Crippen molar-refractivity contribution in [1.29, 1.82) is 0 Å². The SMILES string of the molecule is CC(C)C(=O)C1CCN(C(=O)Cc2cc(Oc3ccc(F)cc3)cc(Oc3ccc(S(C)(=O)=O)cc3)c2)CC1. The lowest BCUT2D eigenvalue weighted by Gasteiger charge is -2.32.